The number of hydrogen-bond donors (Lipinski definition) is 1. The van der Waals surface area contributed by atoms with E-state index >= 15 is 0 Å². The molecule has 1 heterocycles. The zero-order valence-electron chi connectivity index (χ0n) is 12.0. The molecule has 0 saturated carbocycles. The van der Waals surface area contributed by atoms with E-state index in [0.29, 0.717) is 30.7 Å². The van der Waals surface area contributed by atoms with Crippen LogP contribution in [-0.2, 0) is 13.1 Å². The van der Waals surface area contributed by atoms with E-state index in [2.05, 4.69) is 38.1 Å². The van der Waals surface area contributed by atoms with Crippen LogP contribution in [-0.4, -0.2) is 22.9 Å². The molecule has 0 bridgehead atoms. The van der Waals surface area contributed by atoms with Crippen LogP contribution in [0.2, 0.25) is 0 Å². The summed E-state index contributed by atoms with van der Waals surface area (Å²) in [6.45, 7) is 4.30. The van der Waals surface area contributed by atoms with Crippen LogP contribution in [0.4, 0.5) is 5.69 Å². The SMILES string of the molecule is CCn1ncc(N(CCN)Cc2ccccc2)c(Br)c1=O. The number of rotatable bonds is 6. The Bertz CT molecular complexity index is 642. The van der Waals surface area contributed by atoms with E-state index in [1.807, 2.05) is 25.1 Å². The molecule has 112 valence electrons. The van der Waals surface area contributed by atoms with E-state index in [0.717, 1.165) is 11.3 Å². The van der Waals surface area contributed by atoms with Crippen LogP contribution >= 0.6 is 15.9 Å². The zero-order chi connectivity index (χ0) is 15.2. The molecule has 0 unspecified atom stereocenters. The number of nitrogens with two attached hydrogens (primary N) is 1. The first-order chi connectivity index (χ1) is 10.2. The molecule has 1 aromatic heterocycles. The third-order valence-corrected chi connectivity index (χ3v) is 3.97. The van der Waals surface area contributed by atoms with Gasteiger partial charge in [-0.05, 0) is 28.4 Å². The van der Waals surface area contributed by atoms with E-state index in [9.17, 15) is 4.79 Å². The van der Waals surface area contributed by atoms with Crippen molar-refractivity contribution < 1.29 is 0 Å². The van der Waals surface area contributed by atoms with Crippen LogP contribution < -0.4 is 16.2 Å². The maximum Gasteiger partial charge on any atom is 0.283 e. The van der Waals surface area contributed by atoms with Crippen LogP contribution in [0.3, 0.4) is 0 Å². The van der Waals surface area contributed by atoms with Gasteiger partial charge in [-0.3, -0.25) is 4.79 Å². The van der Waals surface area contributed by atoms with Crippen molar-refractivity contribution in [1.29, 1.82) is 0 Å². The first-order valence-corrected chi connectivity index (χ1v) is 7.71. The number of anilines is 1. The Hall–Kier alpha value is -1.66. The Morgan fingerprint density at radius 3 is 2.67 bits per heavy atom. The molecule has 21 heavy (non-hydrogen) atoms. The van der Waals surface area contributed by atoms with Crippen LogP contribution in [0.15, 0.2) is 45.8 Å². The maximum atomic E-state index is 12.2. The van der Waals surface area contributed by atoms with Gasteiger partial charge >= 0.3 is 0 Å². The minimum atomic E-state index is -0.120. The molecule has 0 aliphatic rings. The molecule has 2 aromatic rings. The van der Waals surface area contributed by atoms with Crippen molar-refractivity contribution in [2.24, 2.45) is 5.73 Å². The lowest BCUT2D eigenvalue weighted by molar-refractivity contribution is 0.608. The van der Waals surface area contributed by atoms with Gasteiger partial charge in [-0.15, -0.1) is 0 Å². The zero-order valence-corrected chi connectivity index (χ0v) is 13.6. The normalized spacial score (nSPS) is 10.6. The van der Waals surface area contributed by atoms with Crippen LogP contribution in [0.25, 0.3) is 0 Å². The van der Waals surface area contributed by atoms with Gasteiger partial charge in [0, 0.05) is 26.2 Å². The highest BCUT2D eigenvalue weighted by molar-refractivity contribution is 9.10. The predicted octanol–water partition coefficient (Wildman–Crippen LogP) is 1.99. The summed E-state index contributed by atoms with van der Waals surface area (Å²) in [6.07, 6.45) is 1.72. The summed E-state index contributed by atoms with van der Waals surface area (Å²) in [5.74, 6) is 0. The van der Waals surface area contributed by atoms with Crippen molar-refractivity contribution in [2.45, 2.75) is 20.0 Å². The lowest BCUT2D eigenvalue weighted by atomic mass is 10.2. The van der Waals surface area contributed by atoms with Crippen LogP contribution in [0, 0.1) is 0 Å². The highest BCUT2D eigenvalue weighted by Crippen LogP contribution is 2.23. The molecule has 6 heteroatoms. The average molecular weight is 351 g/mol. The summed E-state index contributed by atoms with van der Waals surface area (Å²) in [7, 11) is 0. The van der Waals surface area contributed by atoms with Crippen molar-refractivity contribution >= 4 is 21.6 Å². The Labute approximate surface area is 132 Å². The molecule has 0 radical (unpaired) electrons. The number of hydrogen-bond acceptors (Lipinski definition) is 4. The standard InChI is InChI=1S/C15H19BrN4O/c1-2-20-15(21)14(16)13(10-18-20)19(9-8-17)11-12-6-4-3-5-7-12/h3-7,10H,2,8-9,11,17H2,1H3. The molecule has 0 fully saturated rings. The number of nitrogens with zero attached hydrogens (tertiary/aromatic N) is 3. The lowest BCUT2D eigenvalue weighted by Gasteiger charge is -2.25. The molecule has 5 nitrogen and oxygen atoms in total. The molecule has 0 saturated heterocycles. The van der Waals surface area contributed by atoms with E-state index in [1.54, 1.807) is 6.20 Å². The van der Waals surface area contributed by atoms with Crippen molar-refractivity contribution in [3.8, 4) is 0 Å². The van der Waals surface area contributed by atoms with Gasteiger partial charge in [0.15, 0.2) is 0 Å². The molecule has 1 aromatic carbocycles. The molecule has 0 atom stereocenters. The fraction of sp³-hybridized carbons (Fsp3) is 0.333. The topological polar surface area (TPSA) is 64.2 Å². The molecule has 0 amide bonds. The van der Waals surface area contributed by atoms with Gasteiger partial charge in [0.05, 0.1) is 11.9 Å². The molecule has 0 aliphatic carbocycles. The van der Waals surface area contributed by atoms with Gasteiger partial charge in [-0.2, -0.15) is 5.10 Å². The van der Waals surface area contributed by atoms with E-state index in [-0.39, 0.29) is 5.56 Å². The maximum absolute atomic E-state index is 12.2. The monoisotopic (exact) mass is 350 g/mol. The Kier molecular flexibility index (Phi) is 5.52. The van der Waals surface area contributed by atoms with E-state index in [1.165, 1.54) is 4.68 Å². The van der Waals surface area contributed by atoms with Crippen molar-refractivity contribution in [3.63, 3.8) is 0 Å². The van der Waals surface area contributed by atoms with Gasteiger partial charge in [-0.25, -0.2) is 4.68 Å². The fourth-order valence-electron chi connectivity index (χ4n) is 2.15. The second kappa shape index (κ2) is 7.38. The highest BCUT2D eigenvalue weighted by Gasteiger charge is 2.14. The summed E-state index contributed by atoms with van der Waals surface area (Å²) in [6, 6.07) is 10.1. The molecular formula is C15H19BrN4O. The molecule has 2 N–H and O–H groups in total. The second-order valence-corrected chi connectivity index (χ2v) is 5.45. The summed E-state index contributed by atoms with van der Waals surface area (Å²) in [4.78, 5) is 14.2. The van der Waals surface area contributed by atoms with E-state index < -0.39 is 0 Å². The lowest BCUT2D eigenvalue weighted by Crippen LogP contribution is -2.32. The third kappa shape index (κ3) is 3.71. The van der Waals surface area contributed by atoms with Crippen molar-refractivity contribution in [2.75, 3.05) is 18.0 Å². The number of aryl methyl sites for hydroxylation is 1. The van der Waals surface area contributed by atoms with Crippen molar-refractivity contribution in [3.05, 3.63) is 56.9 Å². The smallest absolute Gasteiger partial charge is 0.283 e. The number of aromatic nitrogens is 2. The molecular weight excluding hydrogens is 332 g/mol. The number of halogens is 1. The molecule has 0 spiro atoms. The number of benzene rings is 1. The fourth-order valence-corrected chi connectivity index (χ4v) is 2.70. The third-order valence-electron chi connectivity index (χ3n) is 3.22. The van der Waals surface area contributed by atoms with Gasteiger partial charge in [0.1, 0.15) is 4.47 Å². The minimum Gasteiger partial charge on any atom is -0.364 e. The van der Waals surface area contributed by atoms with E-state index in [4.69, 9.17) is 5.73 Å². The van der Waals surface area contributed by atoms with Crippen molar-refractivity contribution in [1.82, 2.24) is 9.78 Å². The summed E-state index contributed by atoms with van der Waals surface area (Å²) >= 11 is 3.40. The van der Waals surface area contributed by atoms with Gasteiger partial charge < -0.3 is 10.6 Å². The quantitative estimate of drug-likeness (QED) is 0.865. The minimum absolute atomic E-state index is 0.120. The summed E-state index contributed by atoms with van der Waals surface area (Å²) < 4.78 is 1.96. The van der Waals surface area contributed by atoms with Gasteiger partial charge in [0.25, 0.3) is 5.56 Å². The summed E-state index contributed by atoms with van der Waals surface area (Å²) in [5, 5.41) is 4.19. The first-order valence-electron chi connectivity index (χ1n) is 6.92. The largest absolute Gasteiger partial charge is 0.364 e. The average Bonchev–Trinajstić information content (AvgIpc) is 2.51. The molecule has 2 rings (SSSR count). The Morgan fingerprint density at radius 2 is 2.05 bits per heavy atom. The Balaban J connectivity index is 2.34. The van der Waals surface area contributed by atoms with Gasteiger partial charge in [-0.1, -0.05) is 30.3 Å². The van der Waals surface area contributed by atoms with Gasteiger partial charge in [0.2, 0.25) is 0 Å². The second-order valence-electron chi connectivity index (χ2n) is 4.66. The molecule has 0 aliphatic heterocycles. The van der Waals surface area contributed by atoms with Crippen LogP contribution in [0.1, 0.15) is 12.5 Å². The Morgan fingerprint density at radius 1 is 1.33 bits per heavy atom. The first kappa shape index (κ1) is 15.7. The highest BCUT2D eigenvalue weighted by atomic mass is 79.9. The predicted molar refractivity (Wildman–Crippen MR) is 88.4 cm³/mol. The summed E-state index contributed by atoms with van der Waals surface area (Å²) in [5.41, 5.74) is 7.52. The van der Waals surface area contributed by atoms with Crippen LogP contribution in [0.5, 0.6) is 0 Å².